The van der Waals surface area contributed by atoms with Gasteiger partial charge in [0.05, 0.1) is 6.10 Å². The van der Waals surface area contributed by atoms with Crippen molar-refractivity contribution in [3.8, 4) is 0 Å². The van der Waals surface area contributed by atoms with Gasteiger partial charge in [0.15, 0.2) is 0 Å². The Hall–Kier alpha value is -0.890. The van der Waals surface area contributed by atoms with Crippen molar-refractivity contribution >= 4 is 0 Å². The molecule has 15 heavy (non-hydrogen) atoms. The molecule has 1 rings (SSSR count). The van der Waals surface area contributed by atoms with Gasteiger partial charge in [0.25, 0.3) is 0 Å². The molecule has 0 fully saturated rings. The third-order valence-corrected chi connectivity index (χ3v) is 2.43. The lowest BCUT2D eigenvalue weighted by Gasteiger charge is -2.20. The second kappa shape index (κ2) is 4.75. The molecule has 0 aliphatic rings. The van der Waals surface area contributed by atoms with Crippen LogP contribution in [0.1, 0.15) is 45.3 Å². The first kappa shape index (κ1) is 12.2. The van der Waals surface area contributed by atoms with Crippen LogP contribution in [0, 0.1) is 11.2 Å². The summed E-state index contributed by atoms with van der Waals surface area (Å²) in [5.74, 6) is -0.320. The largest absolute Gasteiger partial charge is 0.388 e. The molecule has 0 saturated carbocycles. The number of aliphatic hydroxyl groups excluding tert-OH is 1. The van der Waals surface area contributed by atoms with Gasteiger partial charge in [-0.05, 0) is 24.3 Å². The summed E-state index contributed by atoms with van der Waals surface area (Å²) >= 11 is 0. The van der Waals surface area contributed by atoms with Gasteiger partial charge in [0, 0.05) is 5.56 Å². The summed E-state index contributed by atoms with van der Waals surface area (Å²) in [5, 5.41) is 9.82. The zero-order chi connectivity index (χ0) is 11.5. The van der Waals surface area contributed by atoms with Crippen LogP contribution >= 0.6 is 0 Å². The summed E-state index contributed by atoms with van der Waals surface area (Å²) in [6.45, 7) is 6.34. The van der Waals surface area contributed by atoms with E-state index in [4.69, 9.17) is 0 Å². The highest BCUT2D eigenvalue weighted by molar-refractivity contribution is 5.19. The maximum absolute atomic E-state index is 13.3. The Morgan fingerprint density at radius 2 is 1.87 bits per heavy atom. The zero-order valence-corrected chi connectivity index (χ0v) is 9.63. The SMILES string of the molecule is CC(C)(C)CCC(O)c1ccccc1F. The molecule has 0 aliphatic heterocycles. The van der Waals surface area contributed by atoms with Crippen molar-refractivity contribution in [1.29, 1.82) is 0 Å². The third-order valence-electron chi connectivity index (χ3n) is 2.43. The van der Waals surface area contributed by atoms with E-state index in [-0.39, 0.29) is 11.2 Å². The zero-order valence-electron chi connectivity index (χ0n) is 9.63. The number of hydrogen-bond donors (Lipinski definition) is 1. The van der Waals surface area contributed by atoms with E-state index in [9.17, 15) is 9.50 Å². The topological polar surface area (TPSA) is 20.2 Å². The van der Waals surface area contributed by atoms with Crippen molar-refractivity contribution in [2.45, 2.75) is 39.7 Å². The molecule has 0 bridgehead atoms. The van der Waals surface area contributed by atoms with Crippen LogP contribution in [-0.2, 0) is 0 Å². The van der Waals surface area contributed by atoms with Crippen molar-refractivity contribution in [3.05, 3.63) is 35.6 Å². The van der Waals surface area contributed by atoms with E-state index in [2.05, 4.69) is 20.8 Å². The fourth-order valence-electron chi connectivity index (χ4n) is 1.47. The van der Waals surface area contributed by atoms with Crippen molar-refractivity contribution in [2.75, 3.05) is 0 Å². The van der Waals surface area contributed by atoms with Gasteiger partial charge < -0.3 is 5.11 Å². The first-order chi connectivity index (χ1) is 6.90. The number of aliphatic hydroxyl groups is 1. The Morgan fingerprint density at radius 1 is 1.27 bits per heavy atom. The minimum absolute atomic E-state index is 0.173. The number of benzene rings is 1. The van der Waals surface area contributed by atoms with E-state index in [1.54, 1.807) is 18.2 Å². The molecule has 0 aromatic heterocycles. The summed E-state index contributed by atoms with van der Waals surface area (Å²) < 4.78 is 13.3. The molecule has 1 N–H and O–H groups in total. The molecule has 1 unspecified atom stereocenters. The Kier molecular flexibility index (Phi) is 3.86. The molecule has 0 spiro atoms. The highest BCUT2D eigenvalue weighted by Gasteiger charge is 2.16. The fraction of sp³-hybridized carbons (Fsp3) is 0.538. The number of halogens is 1. The van der Waals surface area contributed by atoms with E-state index < -0.39 is 6.10 Å². The molecule has 0 heterocycles. The van der Waals surface area contributed by atoms with Crippen LogP contribution in [0.3, 0.4) is 0 Å². The molecule has 0 amide bonds. The fourth-order valence-corrected chi connectivity index (χ4v) is 1.47. The number of hydrogen-bond acceptors (Lipinski definition) is 1. The van der Waals surface area contributed by atoms with Crippen LogP contribution < -0.4 is 0 Å². The standard InChI is InChI=1S/C13H19FO/c1-13(2,3)9-8-12(15)10-6-4-5-7-11(10)14/h4-7,12,15H,8-9H2,1-3H3. The van der Waals surface area contributed by atoms with Crippen LogP contribution in [0.15, 0.2) is 24.3 Å². The summed E-state index contributed by atoms with van der Waals surface area (Å²) in [6, 6.07) is 6.41. The quantitative estimate of drug-likeness (QED) is 0.806. The lowest BCUT2D eigenvalue weighted by Crippen LogP contribution is -2.09. The molecule has 84 valence electrons. The van der Waals surface area contributed by atoms with Crippen molar-refractivity contribution < 1.29 is 9.50 Å². The Morgan fingerprint density at radius 3 is 2.40 bits per heavy atom. The third kappa shape index (κ3) is 4.00. The van der Waals surface area contributed by atoms with Gasteiger partial charge in [-0.3, -0.25) is 0 Å². The summed E-state index contributed by atoms with van der Waals surface area (Å²) in [7, 11) is 0. The van der Waals surface area contributed by atoms with E-state index in [0.717, 1.165) is 6.42 Å². The Labute approximate surface area is 90.9 Å². The van der Waals surface area contributed by atoms with Crippen LogP contribution in [0.25, 0.3) is 0 Å². The van der Waals surface area contributed by atoms with Crippen molar-refractivity contribution in [1.82, 2.24) is 0 Å². The second-order valence-electron chi connectivity index (χ2n) is 5.14. The summed E-state index contributed by atoms with van der Waals surface area (Å²) in [5.41, 5.74) is 0.577. The Balaban J connectivity index is 2.62. The second-order valence-corrected chi connectivity index (χ2v) is 5.14. The molecular weight excluding hydrogens is 191 g/mol. The molecular formula is C13H19FO. The predicted octanol–water partition coefficient (Wildman–Crippen LogP) is 3.69. The normalized spacial score (nSPS) is 13.9. The molecule has 2 heteroatoms. The molecule has 1 aromatic rings. The predicted molar refractivity (Wildman–Crippen MR) is 60.0 cm³/mol. The first-order valence-corrected chi connectivity index (χ1v) is 5.33. The maximum atomic E-state index is 13.3. The van der Waals surface area contributed by atoms with Crippen LogP contribution in [0.4, 0.5) is 4.39 Å². The number of rotatable bonds is 3. The molecule has 1 atom stereocenters. The minimum atomic E-state index is -0.689. The minimum Gasteiger partial charge on any atom is -0.388 e. The van der Waals surface area contributed by atoms with Gasteiger partial charge in [-0.2, -0.15) is 0 Å². The van der Waals surface area contributed by atoms with Gasteiger partial charge in [-0.25, -0.2) is 4.39 Å². The average molecular weight is 210 g/mol. The molecule has 1 aromatic carbocycles. The van der Waals surface area contributed by atoms with Gasteiger partial charge >= 0.3 is 0 Å². The van der Waals surface area contributed by atoms with Gasteiger partial charge in [0.1, 0.15) is 5.82 Å². The van der Waals surface area contributed by atoms with E-state index in [0.29, 0.717) is 12.0 Å². The van der Waals surface area contributed by atoms with Gasteiger partial charge in [-0.15, -0.1) is 0 Å². The van der Waals surface area contributed by atoms with Crippen molar-refractivity contribution in [3.63, 3.8) is 0 Å². The highest BCUT2D eigenvalue weighted by atomic mass is 19.1. The molecule has 0 aliphatic carbocycles. The lowest BCUT2D eigenvalue weighted by atomic mass is 9.88. The van der Waals surface area contributed by atoms with Gasteiger partial charge in [-0.1, -0.05) is 39.0 Å². The maximum Gasteiger partial charge on any atom is 0.128 e. The highest BCUT2D eigenvalue weighted by Crippen LogP contribution is 2.28. The monoisotopic (exact) mass is 210 g/mol. The van der Waals surface area contributed by atoms with Crippen LogP contribution in [0.2, 0.25) is 0 Å². The molecule has 1 nitrogen and oxygen atoms in total. The van der Waals surface area contributed by atoms with E-state index in [1.165, 1.54) is 6.07 Å². The van der Waals surface area contributed by atoms with E-state index >= 15 is 0 Å². The molecule has 0 radical (unpaired) electrons. The van der Waals surface area contributed by atoms with Gasteiger partial charge in [0.2, 0.25) is 0 Å². The average Bonchev–Trinajstić information content (AvgIpc) is 2.14. The molecule has 0 saturated heterocycles. The van der Waals surface area contributed by atoms with E-state index in [1.807, 2.05) is 0 Å². The summed E-state index contributed by atoms with van der Waals surface area (Å²) in [4.78, 5) is 0. The Bertz CT molecular complexity index is 315. The van der Waals surface area contributed by atoms with Crippen molar-refractivity contribution in [2.24, 2.45) is 5.41 Å². The first-order valence-electron chi connectivity index (χ1n) is 5.33. The van der Waals surface area contributed by atoms with Crippen LogP contribution in [0.5, 0.6) is 0 Å². The van der Waals surface area contributed by atoms with Crippen LogP contribution in [-0.4, -0.2) is 5.11 Å². The summed E-state index contributed by atoms with van der Waals surface area (Å²) in [6.07, 6.45) is 0.790. The lowest BCUT2D eigenvalue weighted by molar-refractivity contribution is 0.143. The smallest absolute Gasteiger partial charge is 0.128 e.